The van der Waals surface area contributed by atoms with E-state index < -0.39 is 8.32 Å². The van der Waals surface area contributed by atoms with Crippen molar-refractivity contribution in [2.24, 2.45) is 7.05 Å². The van der Waals surface area contributed by atoms with Crippen molar-refractivity contribution in [3.63, 3.8) is 0 Å². The standard InChI is InChI=1S/C16H24N4O2SSi/c1-16(2,3)24(5,6)22-20-11-8-19(15(20)21)7-10-12(11)13-14(18(10)4)17-9-23-13/h9,11H,7-8H2,1-6H3. The SMILES string of the molecule is Cn1c2c(c3scnc31)C1CN(C2)C(=O)N1O[Si](C)(C)C(C)(C)C. The van der Waals surface area contributed by atoms with Crippen molar-refractivity contribution in [3.05, 3.63) is 16.8 Å². The molecule has 0 saturated carbocycles. The first-order valence-corrected chi connectivity index (χ1v) is 12.1. The highest BCUT2D eigenvalue weighted by Gasteiger charge is 2.50. The maximum atomic E-state index is 12.9. The Bertz CT molecular complexity index is 835. The second kappa shape index (κ2) is 4.83. The number of hydrogen-bond acceptors (Lipinski definition) is 4. The highest BCUT2D eigenvalue weighted by Crippen LogP contribution is 2.46. The van der Waals surface area contributed by atoms with Gasteiger partial charge in [-0.25, -0.2) is 14.8 Å². The molecule has 8 heteroatoms. The van der Waals surface area contributed by atoms with E-state index in [0.29, 0.717) is 13.1 Å². The lowest BCUT2D eigenvalue weighted by Crippen LogP contribution is -2.48. The number of aryl methyl sites for hydroxylation is 1. The number of hydrogen-bond donors (Lipinski definition) is 0. The molecule has 1 unspecified atom stereocenters. The molecule has 1 saturated heterocycles. The molecule has 0 aliphatic carbocycles. The fourth-order valence-electron chi connectivity index (χ4n) is 3.28. The van der Waals surface area contributed by atoms with Crippen LogP contribution >= 0.6 is 11.3 Å². The number of aromatic nitrogens is 2. The van der Waals surface area contributed by atoms with E-state index in [9.17, 15) is 4.79 Å². The van der Waals surface area contributed by atoms with Crippen LogP contribution in [0.1, 0.15) is 38.1 Å². The number of urea groups is 1. The van der Waals surface area contributed by atoms with Crippen molar-refractivity contribution < 1.29 is 9.32 Å². The van der Waals surface area contributed by atoms with Gasteiger partial charge < -0.3 is 14.0 Å². The van der Waals surface area contributed by atoms with Gasteiger partial charge in [-0.3, -0.25) is 0 Å². The Hall–Kier alpha value is -1.38. The molecular formula is C16H24N4O2SSi. The lowest BCUT2D eigenvalue weighted by Gasteiger charge is -2.39. The first kappa shape index (κ1) is 16.1. The summed E-state index contributed by atoms with van der Waals surface area (Å²) in [5.74, 6) is 0. The Morgan fingerprint density at radius 3 is 2.75 bits per heavy atom. The van der Waals surface area contributed by atoms with Crippen molar-refractivity contribution in [2.75, 3.05) is 6.54 Å². The number of carbonyl (C=O) groups is 1. The van der Waals surface area contributed by atoms with Crippen LogP contribution in [0.15, 0.2) is 5.51 Å². The maximum absolute atomic E-state index is 12.9. The first-order valence-electron chi connectivity index (χ1n) is 8.30. The molecule has 0 spiro atoms. The summed E-state index contributed by atoms with van der Waals surface area (Å²) in [6.07, 6.45) is 0. The van der Waals surface area contributed by atoms with E-state index in [2.05, 4.69) is 43.4 Å². The summed E-state index contributed by atoms with van der Waals surface area (Å²) in [6, 6.07) is -0.0294. The summed E-state index contributed by atoms with van der Waals surface area (Å²) in [6.45, 7) is 12.3. The van der Waals surface area contributed by atoms with Crippen LogP contribution in [0.4, 0.5) is 4.79 Å². The van der Waals surface area contributed by atoms with Crippen LogP contribution < -0.4 is 0 Å². The molecule has 4 heterocycles. The van der Waals surface area contributed by atoms with E-state index in [0.717, 1.165) is 5.65 Å². The van der Waals surface area contributed by atoms with E-state index >= 15 is 0 Å². The van der Waals surface area contributed by atoms with Gasteiger partial charge in [0.2, 0.25) is 8.32 Å². The highest BCUT2D eigenvalue weighted by atomic mass is 32.1. The molecule has 6 nitrogen and oxygen atoms in total. The van der Waals surface area contributed by atoms with E-state index in [1.807, 2.05) is 17.5 Å². The van der Waals surface area contributed by atoms with Crippen LogP contribution in [-0.4, -0.2) is 40.4 Å². The normalized spacial score (nSPS) is 21.1. The second-order valence-corrected chi connectivity index (χ2v) is 13.8. The zero-order chi connectivity index (χ0) is 17.4. The third-order valence-corrected chi connectivity index (χ3v) is 10.9. The molecule has 2 bridgehead atoms. The average molecular weight is 365 g/mol. The molecule has 0 radical (unpaired) electrons. The van der Waals surface area contributed by atoms with Gasteiger partial charge in [0.1, 0.15) is 6.04 Å². The Balaban J connectivity index is 1.79. The number of hydroxylamine groups is 2. The lowest BCUT2D eigenvalue weighted by molar-refractivity contribution is -0.0424. The molecule has 0 N–H and O–H groups in total. The minimum Gasteiger partial charge on any atom is -0.330 e. The van der Waals surface area contributed by atoms with Gasteiger partial charge in [0, 0.05) is 18.3 Å². The average Bonchev–Trinajstić information content (AvgIpc) is 3.11. The molecule has 2 aromatic heterocycles. The zero-order valence-corrected chi connectivity index (χ0v) is 16.9. The Morgan fingerprint density at radius 2 is 2.08 bits per heavy atom. The third kappa shape index (κ3) is 2.02. The largest absolute Gasteiger partial charge is 0.344 e. The smallest absolute Gasteiger partial charge is 0.330 e. The Labute approximate surface area is 147 Å². The van der Waals surface area contributed by atoms with Crippen LogP contribution in [-0.2, 0) is 18.1 Å². The van der Waals surface area contributed by atoms with Crippen LogP contribution in [0.3, 0.4) is 0 Å². The summed E-state index contributed by atoms with van der Waals surface area (Å²) in [7, 11) is -0.0401. The molecule has 2 aliphatic rings. The number of carbonyl (C=O) groups excluding carboxylic acids is 1. The van der Waals surface area contributed by atoms with Crippen molar-refractivity contribution in [2.45, 2.75) is 51.5 Å². The third-order valence-electron chi connectivity index (χ3n) is 5.77. The molecule has 2 aromatic rings. The quantitative estimate of drug-likeness (QED) is 0.760. The Kier molecular flexibility index (Phi) is 3.24. The van der Waals surface area contributed by atoms with E-state index in [1.165, 1.54) is 16.0 Å². The Morgan fingerprint density at radius 1 is 1.38 bits per heavy atom. The number of rotatable bonds is 2. The van der Waals surface area contributed by atoms with Gasteiger partial charge in [-0.15, -0.1) is 11.3 Å². The number of amides is 2. The molecule has 24 heavy (non-hydrogen) atoms. The summed E-state index contributed by atoms with van der Waals surface area (Å²) in [5.41, 5.74) is 5.32. The molecule has 2 amide bonds. The topological polar surface area (TPSA) is 50.6 Å². The number of thiazole rings is 1. The van der Waals surface area contributed by atoms with Gasteiger partial charge in [-0.2, -0.15) is 0 Å². The molecular weight excluding hydrogens is 340 g/mol. The summed E-state index contributed by atoms with van der Waals surface area (Å²) in [5, 5.41) is 1.72. The van der Waals surface area contributed by atoms with Gasteiger partial charge in [-0.1, -0.05) is 20.8 Å². The molecule has 130 valence electrons. The minimum atomic E-state index is -2.08. The zero-order valence-electron chi connectivity index (χ0n) is 15.1. The van der Waals surface area contributed by atoms with Gasteiger partial charge >= 0.3 is 6.03 Å². The van der Waals surface area contributed by atoms with Crippen LogP contribution in [0.25, 0.3) is 10.3 Å². The predicted molar refractivity (Wildman–Crippen MR) is 97.3 cm³/mol. The van der Waals surface area contributed by atoms with Crippen molar-refractivity contribution >= 4 is 36.0 Å². The molecule has 2 aliphatic heterocycles. The fourth-order valence-corrected chi connectivity index (χ4v) is 5.18. The summed E-state index contributed by atoms with van der Waals surface area (Å²) in [4.78, 5) is 19.3. The predicted octanol–water partition coefficient (Wildman–Crippen LogP) is 3.86. The van der Waals surface area contributed by atoms with E-state index in [4.69, 9.17) is 4.53 Å². The van der Waals surface area contributed by atoms with Gasteiger partial charge in [0.15, 0.2) is 5.65 Å². The number of nitrogens with zero attached hydrogens (tertiary/aromatic N) is 4. The van der Waals surface area contributed by atoms with Crippen molar-refractivity contribution in [3.8, 4) is 0 Å². The monoisotopic (exact) mass is 364 g/mol. The van der Waals surface area contributed by atoms with Gasteiger partial charge in [0.05, 0.1) is 23.3 Å². The van der Waals surface area contributed by atoms with Crippen LogP contribution in [0.2, 0.25) is 18.1 Å². The molecule has 1 atom stereocenters. The fraction of sp³-hybridized carbons (Fsp3) is 0.625. The highest BCUT2D eigenvalue weighted by molar-refractivity contribution is 7.17. The van der Waals surface area contributed by atoms with E-state index in [1.54, 1.807) is 16.4 Å². The molecule has 4 rings (SSSR count). The summed E-state index contributed by atoms with van der Waals surface area (Å²) < 4.78 is 9.76. The lowest BCUT2D eigenvalue weighted by atomic mass is 10.0. The first-order chi connectivity index (χ1) is 11.1. The van der Waals surface area contributed by atoms with Crippen LogP contribution in [0, 0.1) is 0 Å². The summed E-state index contributed by atoms with van der Waals surface area (Å²) >= 11 is 1.65. The minimum absolute atomic E-state index is 0.00121. The van der Waals surface area contributed by atoms with Crippen LogP contribution in [0.5, 0.6) is 0 Å². The van der Waals surface area contributed by atoms with E-state index in [-0.39, 0.29) is 17.1 Å². The van der Waals surface area contributed by atoms with Gasteiger partial charge in [0.25, 0.3) is 0 Å². The maximum Gasteiger partial charge on any atom is 0.344 e. The van der Waals surface area contributed by atoms with Crippen molar-refractivity contribution in [1.29, 1.82) is 0 Å². The number of fused-ring (bicyclic) bond motifs is 6. The van der Waals surface area contributed by atoms with Crippen molar-refractivity contribution in [1.82, 2.24) is 19.5 Å². The second-order valence-electron chi connectivity index (χ2n) is 8.28. The molecule has 0 aromatic carbocycles. The molecule has 1 fully saturated rings. The van der Waals surface area contributed by atoms with Gasteiger partial charge in [-0.05, 0) is 18.1 Å².